The third kappa shape index (κ3) is 3.45. The van der Waals surface area contributed by atoms with Gasteiger partial charge in [0.25, 0.3) is 10.0 Å². The number of nitrogens with zero attached hydrogens (tertiary/aromatic N) is 1. The number of rotatable bonds is 3. The minimum Gasteiger partial charge on any atom is -0.454 e. The van der Waals surface area contributed by atoms with Gasteiger partial charge in [0.1, 0.15) is 0 Å². The second-order valence-electron chi connectivity index (χ2n) is 7.79. The Labute approximate surface area is 181 Å². The summed E-state index contributed by atoms with van der Waals surface area (Å²) in [7, 11) is -4.00. The number of aryl methyl sites for hydroxylation is 1. The van der Waals surface area contributed by atoms with E-state index in [0.717, 1.165) is 26.6 Å². The summed E-state index contributed by atoms with van der Waals surface area (Å²) >= 11 is 0. The molecule has 0 spiro atoms. The lowest BCUT2D eigenvalue weighted by Crippen LogP contribution is -2.39. The van der Waals surface area contributed by atoms with E-state index < -0.39 is 15.9 Å². The van der Waals surface area contributed by atoms with Crippen LogP contribution < -0.4 is 9.47 Å². The Morgan fingerprint density at radius 2 is 1.61 bits per heavy atom. The first-order chi connectivity index (χ1) is 14.9. The van der Waals surface area contributed by atoms with Crippen LogP contribution in [0.4, 0.5) is 0 Å². The van der Waals surface area contributed by atoms with Crippen LogP contribution in [0.25, 0.3) is 0 Å². The molecule has 2 aliphatic rings. The number of carbonyl (C=O) groups excluding carboxylic acids is 1. The van der Waals surface area contributed by atoms with Crippen LogP contribution in [0.15, 0.2) is 71.6 Å². The van der Waals surface area contributed by atoms with Crippen LogP contribution in [0.3, 0.4) is 0 Å². The predicted octanol–water partition coefficient (Wildman–Crippen LogP) is 3.63. The van der Waals surface area contributed by atoms with E-state index in [1.54, 1.807) is 30.3 Å². The summed E-state index contributed by atoms with van der Waals surface area (Å²) in [4.78, 5) is 13.3. The molecule has 0 radical (unpaired) electrons. The first kappa shape index (κ1) is 19.6. The van der Waals surface area contributed by atoms with Gasteiger partial charge in [-0.2, -0.15) is 0 Å². The zero-order valence-corrected chi connectivity index (χ0v) is 17.8. The fourth-order valence-corrected chi connectivity index (χ4v) is 5.55. The quantitative estimate of drug-likeness (QED) is 0.628. The summed E-state index contributed by atoms with van der Waals surface area (Å²) in [6.07, 6.45) is -0.0274. The monoisotopic (exact) mass is 435 g/mol. The summed E-state index contributed by atoms with van der Waals surface area (Å²) in [5.41, 5.74) is 3.52. The lowest BCUT2D eigenvalue weighted by Gasteiger charge is -2.25. The van der Waals surface area contributed by atoms with Crippen molar-refractivity contribution in [2.45, 2.75) is 24.2 Å². The maximum atomic E-state index is 13.4. The summed E-state index contributed by atoms with van der Waals surface area (Å²) in [6, 6.07) is 19.9. The van der Waals surface area contributed by atoms with E-state index in [1.807, 2.05) is 43.3 Å². The Balaban J connectivity index is 1.64. The number of fused-ring (bicyclic) bond motifs is 2. The smallest absolute Gasteiger partial charge is 0.266 e. The highest BCUT2D eigenvalue weighted by Crippen LogP contribution is 2.41. The SMILES string of the molecule is Cc1ccc(S(=O)(=O)N2CC(c3ccccc3)c3cc4c(cc3CC2=O)OCO4)cc1. The van der Waals surface area contributed by atoms with Gasteiger partial charge < -0.3 is 9.47 Å². The molecule has 6 nitrogen and oxygen atoms in total. The van der Waals surface area contributed by atoms with Crippen LogP contribution in [0.1, 0.15) is 28.2 Å². The molecule has 0 fully saturated rings. The van der Waals surface area contributed by atoms with Gasteiger partial charge in [0.05, 0.1) is 11.3 Å². The van der Waals surface area contributed by atoms with Crippen molar-refractivity contribution in [3.8, 4) is 11.5 Å². The number of hydrogen-bond donors (Lipinski definition) is 0. The molecule has 1 unspecified atom stereocenters. The number of ether oxygens (including phenoxy) is 2. The van der Waals surface area contributed by atoms with E-state index in [9.17, 15) is 13.2 Å². The fraction of sp³-hybridized carbons (Fsp3) is 0.208. The van der Waals surface area contributed by atoms with Crippen LogP contribution in [-0.2, 0) is 21.2 Å². The molecule has 1 amide bonds. The van der Waals surface area contributed by atoms with Crippen LogP contribution >= 0.6 is 0 Å². The van der Waals surface area contributed by atoms with Gasteiger partial charge in [-0.1, -0.05) is 48.0 Å². The lowest BCUT2D eigenvalue weighted by molar-refractivity contribution is -0.125. The standard InChI is InChI=1S/C24H21NO5S/c1-16-7-9-19(10-8-16)31(27,28)25-14-21(17-5-3-2-4-6-17)20-13-23-22(29-15-30-23)11-18(20)12-24(25)26/h2-11,13,21H,12,14-15H2,1H3. The van der Waals surface area contributed by atoms with Crippen molar-refractivity contribution in [3.63, 3.8) is 0 Å². The normalized spacial score (nSPS) is 17.9. The molecule has 1 atom stereocenters. The van der Waals surface area contributed by atoms with Crippen molar-refractivity contribution < 1.29 is 22.7 Å². The van der Waals surface area contributed by atoms with Crippen molar-refractivity contribution in [2.24, 2.45) is 0 Å². The lowest BCUT2D eigenvalue weighted by atomic mass is 9.88. The molecule has 5 rings (SSSR count). The molecule has 0 N–H and O–H groups in total. The third-order valence-electron chi connectivity index (χ3n) is 5.79. The molecule has 0 saturated carbocycles. The highest BCUT2D eigenvalue weighted by atomic mass is 32.2. The number of sulfonamides is 1. The molecule has 158 valence electrons. The highest BCUT2D eigenvalue weighted by molar-refractivity contribution is 7.89. The van der Waals surface area contributed by atoms with E-state index >= 15 is 0 Å². The summed E-state index contributed by atoms with van der Waals surface area (Å²) < 4.78 is 39.0. The Kier molecular flexibility index (Phi) is 4.70. The summed E-state index contributed by atoms with van der Waals surface area (Å²) in [6.45, 7) is 2.04. The molecular formula is C24H21NO5S. The average molecular weight is 436 g/mol. The Bertz CT molecular complexity index is 1250. The van der Waals surface area contributed by atoms with Crippen LogP contribution in [0, 0.1) is 6.92 Å². The van der Waals surface area contributed by atoms with E-state index in [0.29, 0.717) is 11.5 Å². The average Bonchev–Trinajstić information content (AvgIpc) is 3.16. The maximum absolute atomic E-state index is 13.4. The van der Waals surface area contributed by atoms with Crippen LogP contribution in [-0.4, -0.2) is 32.0 Å². The first-order valence-corrected chi connectivity index (χ1v) is 11.5. The summed E-state index contributed by atoms with van der Waals surface area (Å²) in [5, 5.41) is 0. The van der Waals surface area contributed by atoms with Gasteiger partial charge in [0, 0.05) is 12.5 Å². The predicted molar refractivity (Wildman–Crippen MR) is 115 cm³/mol. The highest BCUT2D eigenvalue weighted by Gasteiger charge is 2.37. The van der Waals surface area contributed by atoms with E-state index in [4.69, 9.17) is 9.47 Å². The van der Waals surface area contributed by atoms with Crippen LogP contribution in [0.2, 0.25) is 0 Å². The van der Waals surface area contributed by atoms with Gasteiger partial charge in [-0.15, -0.1) is 0 Å². The molecule has 2 aliphatic heterocycles. The van der Waals surface area contributed by atoms with Crippen molar-refractivity contribution >= 4 is 15.9 Å². The number of benzene rings is 3. The van der Waals surface area contributed by atoms with Crippen molar-refractivity contribution in [2.75, 3.05) is 13.3 Å². The molecule has 0 bridgehead atoms. The maximum Gasteiger partial charge on any atom is 0.266 e. The van der Waals surface area contributed by atoms with Gasteiger partial charge >= 0.3 is 0 Å². The third-order valence-corrected chi connectivity index (χ3v) is 7.59. The molecule has 2 heterocycles. The van der Waals surface area contributed by atoms with Gasteiger partial charge in [-0.05, 0) is 47.9 Å². The molecule has 7 heteroatoms. The number of hydrogen-bond acceptors (Lipinski definition) is 5. The second-order valence-corrected chi connectivity index (χ2v) is 9.65. The van der Waals surface area contributed by atoms with E-state index in [1.165, 1.54) is 0 Å². The largest absolute Gasteiger partial charge is 0.454 e. The van der Waals surface area contributed by atoms with E-state index in [-0.39, 0.29) is 30.6 Å². The zero-order valence-electron chi connectivity index (χ0n) is 16.9. The van der Waals surface area contributed by atoms with Crippen molar-refractivity contribution in [1.29, 1.82) is 0 Å². The van der Waals surface area contributed by atoms with Gasteiger partial charge in [-0.25, -0.2) is 12.7 Å². The zero-order chi connectivity index (χ0) is 21.6. The van der Waals surface area contributed by atoms with Gasteiger partial charge in [-0.3, -0.25) is 4.79 Å². The second kappa shape index (κ2) is 7.42. The van der Waals surface area contributed by atoms with Crippen molar-refractivity contribution in [3.05, 3.63) is 89.0 Å². The van der Waals surface area contributed by atoms with Gasteiger partial charge in [0.15, 0.2) is 11.5 Å². The van der Waals surface area contributed by atoms with E-state index in [2.05, 4.69) is 0 Å². The topological polar surface area (TPSA) is 72.9 Å². The Morgan fingerprint density at radius 1 is 0.935 bits per heavy atom. The first-order valence-electron chi connectivity index (χ1n) is 10.0. The molecular weight excluding hydrogens is 414 g/mol. The number of amides is 1. The van der Waals surface area contributed by atoms with Crippen LogP contribution in [0.5, 0.6) is 11.5 Å². The molecule has 31 heavy (non-hydrogen) atoms. The molecule has 3 aromatic rings. The fourth-order valence-electron chi connectivity index (χ4n) is 4.13. The Morgan fingerprint density at radius 3 is 2.32 bits per heavy atom. The molecule has 0 aliphatic carbocycles. The minimum atomic E-state index is -4.00. The number of carbonyl (C=O) groups is 1. The minimum absolute atomic E-state index is 0.0195. The molecule has 0 aromatic heterocycles. The summed E-state index contributed by atoms with van der Waals surface area (Å²) in [5.74, 6) is 0.409. The molecule has 3 aromatic carbocycles. The van der Waals surface area contributed by atoms with Crippen molar-refractivity contribution in [1.82, 2.24) is 4.31 Å². The van der Waals surface area contributed by atoms with Gasteiger partial charge in [0.2, 0.25) is 12.7 Å². The Hall–Kier alpha value is -3.32. The molecule has 0 saturated heterocycles.